The molecular formula is C19H33N3O2S. The average molecular weight is 368 g/mol. The second-order valence-electron chi connectivity index (χ2n) is 7.65. The Morgan fingerprint density at radius 3 is 2.36 bits per heavy atom. The number of benzene rings is 1. The maximum absolute atomic E-state index is 12.9. The summed E-state index contributed by atoms with van der Waals surface area (Å²) in [4.78, 5) is 4.64. The van der Waals surface area contributed by atoms with Crippen molar-refractivity contribution in [2.45, 2.75) is 45.0 Å². The fraction of sp³-hybridized carbons (Fsp3) is 0.684. The second kappa shape index (κ2) is 8.62. The zero-order valence-corrected chi connectivity index (χ0v) is 17.1. The smallest absolute Gasteiger partial charge is 0.218 e. The van der Waals surface area contributed by atoms with Crippen molar-refractivity contribution in [1.29, 1.82) is 0 Å². The summed E-state index contributed by atoms with van der Waals surface area (Å²) >= 11 is 0. The molecule has 142 valence electrons. The number of nitrogens with zero attached hydrogens (tertiary/aromatic N) is 3. The van der Waals surface area contributed by atoms with E-state index in [0.717, 1.165) is 30.6 Å². The van der Waals surface area contributed by atoms with E-state index in [2.05, 4.69) is 37.7 Å². The number of aryl methyl sites for hydroxylation is 1. The highest BCUT2D eigenvalue weighted by Crippen LogP contribution is 2.21. The number of hydrogen-bond acceptors (Lipinski definition) is 4. The molecule has 1 fully saturated rings. The molecule has 1 heterocycles. The van der Waals surface area contributed by atoms with Crippen LogP contribution in [0.2, 0.25) is 0 Å². The summed E-state index contributed by atoms with van der Waals surface area (Å²) in [5.41, 5.74) is 1.97. The van der Waals surface area contributed by atoms with Crippen LogP contribution in [0.3, 0.4) is 0 Å². The highest BCUT2D eigenvalue weighted by Gasteiger charge is 2.34. The van der Waals surface area contributed by atoms with Crippen molar-refractivity contribution in [2.75, 3.05) is 40.3 Å². The molecule has 0 aromatic heterocycles. The third-order valence-electron chi connectivity index (χ3n) is 4.91. The lowest BCUT2D eigenvalue weighted by Crippen LogP contribution is -2.58. The molecule has 1 aromatic carbocycles. The van der Waals surface area contributed by atoms with Crippen molar-refractivity contribution in [1.82, 2.24) is 14.1 Å². The van der Waals surface area contributed by atoms with Crippen LogP contribution >= 0.6 is 0 Å². The van der Waals surface area contributed by atoms with Gasteiger partial charge in [-0.1, -0.05) is 29.8 Å². The van der Waals surface area contributed by atoms with Crippen molar-refractivity contribution >= 4 is 10.0 Å². The van der Waals surface area contributed by atoms with E-state index < -0.39 is 10.0 Å². The molecule has 0 spiro atoms. The van der Waals surface area contributed by atoms with Gasteiger partial charge in [0.2, 0.25) is 10.0 Å². The lowest BCUT2D eigenvalue weighted by molar-refractivity contribution is 0.0739. The van der Waals surface area contributed by atoms with Crippen molar-refractivity contribution < 1.29 is 8.42 Å². The molecule has 2 rings (SSSR count). The molecule has 2 atom stereocenters. The maximum atomic E-state index is 12.9. The van der Waals surface area contributed by atoms with Crippen molar-refractivity contribution in [3.8, 4) is 0 Å². The summed E-state index contributed by atoms with van der Waals surface area (Å²) in [6.07, 6.45) is 1.11. The van der Waals surface area contributed by atoms with Gasteiger partial charge in [0.25, 0.3) is 0 Å². The Bertz CT molecular complexity index is 648. The van der Waals surface area contributed by atoms with Crippen LogP contribution in [-0.2, 0) is 15.8 Å². The summed E-state index contributed by atoms with van der Waals surface area (Å²) in [5, 5.41) is 0. The first-order chi connectivity index (χ1) is 11.7. The van der Waals surface area contributed by atoms with Crippen LogP contribution in [0.5, 0.6) is 0 Å². The molecule has 2 unspecified atom stereocenters. The molecule has 0 bridgehead atoms. The van der Waals surface area contributed by atoms with Crippen LogP contribution < -0.4 is 0 Å². The first kappa shape index (κ1) is 20.4. The van der Waals surface area contributed by atoms with E-state index in [1.54, 1.807) is 4.31 Å². The van der Waals surface area contributed by atoms with Gasteiger partial charge in [-0.15, -0.1) is 0 Å². The molecule has 5 nitrogen and oxygen atoms in total. The topological polar surface area (TPSA) is 43.9 Å². The molecule has 0 saturated carbocycles. The zero-order chi connectivity index (χ0) is 18.6. The Kier molecular flexibility index (Phi) is 7.02. The third kappa shape index (κ3) is 5.78. The molecule has 1 saturated heterocycles. The molecule has 0 amide bonds. The molecule has 0 aliphatic carbocycles. The summed E-state index contributed by atoms with van der Waals surface area (Å²) < 4.78 is 27.4. The average Bonchev–Trinajstić information content (AvgIpc) is 2.49. The van der Waals surface area contributed by atoms with Gasteiger partial charge >= 0.3 is 0 Å². The van der Waals surface area contributed by atoms with E-state index in [0.29, 0.717) is 13.1 Å². The minimum Gasteiger partial charge on any atom is -0.309 e. The molecular weight excluding hydrogens is 334 g/mol. The SMILES string of the molecule is Cc1cccc(CS(=O)(=O)N2CC(C)N(CCCN(C)C)C(C)C2)c1. The van der Waals surface area contributed by atoms with Crippen LogP contribution in [-0.4, -0.2) is 74.9 Å². The Hall–Kier alpha value is -0.950. The Morgan fingerprint density at radius 1 is 1.16 bits per heavy atom. The Morgan fingerprint density at radius 2 is 1.80 bits per heavy atom. The largest absolute Gasteiger partial charge is 0.309 e. The Labute approximate surface area is 153 Å². The van der Waals surface area contributed by atoms with E-state index in [1.165, 1.54) is 0 Å². The lowest BCUT2D eigenvalue weighted by atomic mass is 10.1. The number of sulfonamides is 1. The van der Waals surface area contributed by atoms with Gasteiger partial charge in [-0.2, -0.15) is 4.31 Å². The number of piperazine rings is 1. The molecule has 25 heavy (non-hydrogen) atoms. The van der Waals surface area contributed by atoms with Gasteiger partial charge in [-0.3, -0.25) is 4.90 Å². The quantitative estimate of drug-likeness (QED) is 0.741. The standard InChI is InChI=1S/C19H33N3O2S/c1-16-8-6-9-19(12-16)15-25(23,24)21-13-17(2)22(18(3)14-21)11-7-10-20(4)5/h6,8-9,12,17-18H,7,10-11,13-15H2,1-5H3. The molecule has 1 aliphatic rings. The van der Waals surface area contributed by atoms with E-state index in [4.69, 9.17) is 0 Å². The van der Waals surface area contributed by atoms with E-state index >= 15 is 0 Å². The van der Waals surface area contributed by atoms with Gasteiger partial charge in [0, 0.05) is 31.7 Å². The number of hydrogen-bond donors (Lipinski definition) is 0. The van der Waals surface area contributed by atoms with E-state index in [-0.39, 0.29) is 17.8 Å². The molecule has 0 N–H and O–H groups in total. The van der Waals surface area contributed by atoms with Gasteiger partial charge < -0.3 is 4.90 Å². The van der Waals surface area contributed by atoms with Gasteiger partial charge in [0.15, 0.2) is 0 Å². The van der Waals surface area contributed by atoms with E-state index in [9.17, 15) is 8.42 Å². The predicted molar refractivity (Wildman–Crippen MR) is 104 cm³/mol. The second-order valence-corrected chi connectivity index (χ2v) is 9.62. The minimum atomic E-state index is -3.28. The first-order valence-corrected chi connectivity index (χ1v) is 10.7. The van der Waals surface area contributed by atoms with Crippen LogP contribution in [0.25, 0.3) is 0 Å². The van der Waals surface area contributed by atoms with Gasteiger partial charge in [0.1, 0.15) is 0 Å². The highest BCUT2D eigenvalue weighted by atomic mass is 32.2. The zero-order valence-electron chi connectivity index (χ0n) is 16.3. The molecule has 1 aromatic rings. The lowest BCUT2D eigenvalue weighted by Gasteiger charge is -2.44. The van der Waals surface area contributed by atoms with Crippen LogP contribution in [0.4, 0.5) is 0 Å². The summed E-state index contributed by atoms with van der Waals surface area (Å²) in [7, 11) is 0.894. The van der Waals surface area contributed by atoms with Crippen LogP contribution in [0, 0.1) is 6.92 Å². The van der Waals surface area contributed by atoms with Gasteiger partial charge in [0.05, 0.1) is 5.75 Å². The molecule has 0 radical (unpaired) electrons. The summed E-state index contributed by atoms with van der Waals surface area (Å²) in [6.45, 7) is 9.52. The minimum absolute atomic E-state index is 0.0920. The summed E-state index contributed by atoms with van der Waals surface area (Å²) in [5.74, 6) is 0.0920. The fourth-order valence-electron chi connectivity index (χ4n) is 3.65. The van der Waals surface area contributed by atoms with Crippen molar-refractivity contribution in [3.63, 3.8) is 0 Å². The predicted octanol–water partition coefficient (Wildman–Crippen LogP) is 2.17. The van der Waals surface area contributed by atoms with Crippen molar-refractivity contribution in [2.24, 2.45) is 0 Å². The van der Waals surface area contributed by atoms with E-state index in [1.807, 2.05) is 31.2 Å². The van der Waals surface area contributed by atoms with Gasteiger partial charge in [-0.05, 0) is 53.4 Å². The first-order valence-electron chi connectivity index (χ1n) is 9.13. The highest BCUT2D eigenvalue weighted by molar-refractivity contribution is 7.88. The third-order valence-corrected chi connectivity index (χ3v) is 6.70. The Balaban J connectivity index is 1.99. The summed E-state index contributed by atoms with van der Waals surface area (Å²) in [6, 6.07) is 8.27. The number of rotatable bonds is 7. The fourth-order valence-corrected chi connectivity index (χ4v) is 5.32. The molecule has 6 heteroatoms. The van der Waals surface area contributed by atoms with Crippen LogP contribution in [0.15, 0.2) is 24.3 Å². The maximum Gasteiger partial charge on any atom is 0.218 e. The van der Waals surface area contributed by atoms with Crippen LogP contribution in [0.1, 0.15) is 31.4 Å². The molecule has 1 aliphatic heterocycles. The van der Waals surface area contributed by atoms with Crippen molar-refractivity contribution in [3.05, 3.63) is 35.4 Å². The monoisotopic (exact) mass is 367 g/mol. The normalized spacial score (nSPS) is 23.3. The van der Waals surface area contributed by atoms with Gasteiger partial charge in [-0.25, -0.2) is 8.42 Å².